The fourth-order valence-corrected chi connectivity index (χ4v) is 2.40. The molecule has 5 heteroatoms. The van der Waals surface area contributed by atoms with E-state index in [4.69, 9.17) is 10.8 Å². The smallest absolute Gasteiger partial charge is 0.200 e. The van der Waals surface area contributed by atoms with Crippen molar-refractivity contribution in [2.75, 3.05) is 18.1 Å². The molecule has 0 aliphatic heterocycles. The highest BCUT2D eigenvalue weighted by atomic mass is 32.2. The first-order valence-electron chi connectivity index (χ1n) is 5.18. The van der Waals surface area contributed by atoms with E-state index < -0.39 is 0 Å². The second-order valence-electron chi connectivity index (χ2n) is 3.61. The molecule has 0 amide bonds. The van der Waals surface area contributed by atoms with E-state index in [-0.39, 0.29) is 6.61 Å². The molecule has 0 aliphatic rings. The third-order valence-electron chi connectivity index (χ3n) is 2.46. The van der Waals surface area contributed by atoms with E-state index in [0.717, 1.165) is 23.2 Å². The molecule has 0 atom stereocenters. The summed E-state index contributed by atoms with van der Waals surface area (Å²) in [5.41, 5.74) is 7.71. The van der Waals surface area contributed by atoms with Crippen LogP contribution in [0.5, 0.6) is 0 Å². The van der Waals surface area contributed by atoms with Crippen LogP contribution in [0, 0.1) is 0 Å². The zero-order valence-electron chi connectivity index (χ0n) is 9.18. The third-order valence-corrected chi connectivity index (χ3v) is 3.54. The lowest BCUT2D eigenvalue weighted by Gasteiger charge is -2.01. The van der Waals surface area contributed by atoms with Crippen molar-refractivity contribution in [3.8, 4) is 0 Å². The highest BCUT2D eigenvalue weighted by Crippen LogP contribution is 2.24. The fraction of sp³-hybridized carbons (Fsp3) is 0.364. The number of thioether (sulfide) groups is 1. The number of nitrogens with zero attached hydrogens (tertiary/aromatic N) is 2. The molecule has 4 nitrogen and oxygen atoms in total. The fourth-order valence-electron chi connectivity index (χ4n) is 1.53. The Hall–Kier alpha value is -1.20. The number of anilines is 1. The maximum absolute atomic E-state index is 8.72. The number of nitrogen functional groups attached to an aromatic ring is 1. The predicted octanol–water partition coefficient (Wildman–Crippen LogP) is 1.63. The maximum Gasteiger partial charge on any atom is 0.200 e. The second-order valence-corrected chi connectivity index (χ2v) is 4.77. The van der Waals surface area contributed by atoms with Gasteiger partial charge in [0.25, 0.3) is 0 Å². The SMILES string of the molecule is Cn1c(N)nc2ccc(SCCCO)cc21. The summed E-state index contributed by atoms with van der Waals surface area (Å²) in [5, 5.41) is 8.72. The number of imidazole rings is 1. The topological polar surface area (TPSA) is 64.1 Å². The number of fused-ring (bicyclic) bond motifs is 1. The number of aromatic nitrogens is 2. The van der Waals surface area contributed by atoms with Gasteiger partial charge in [0.1, 0.15) is 0 Å². The number of nitrogens with two attached hydrogens (primary N) is 1. The molecule has 3 N–H and O–H groups in total. The van der Waals surface area contributed by atoms with Gasteiger partial charge in [-0.2, -0.15) is 0 Å². The van der Waals surface area contributed by atoms with Crippen LogP contribution in [-0.2, 0) is 7.05 Å². The van der Waals surface area contributed by atoms with E-state index >= 15 is 0 Å². The molecule has 0 unspecified atom stereocenters. The molecule has 0 bridgehead atoms. The third kappa shape index (κ3) is 2.15. The van der Waals surface area contributed by atoms with Crippen LogP contribution in [0.1, 0.15) is 6.42 Å². The zero-order chi connectivity index (χ0) is 11.5. The molecule has 0 fully saturated rings. The van der Waals surface area contributed by atoms with Crippen molar-refractivity contribution in [2.24, 2.45) is 7.05 Å². The monoisotopic (exact) mass is 237 g/mol. The van der Waals surface area contributed by atoms with Crippen molar-refractivity contribution in [1.29, 1.82) is 0 Å². The minimum atomic E-state index is 0.244. The molecule has 2 rings (SSSR count). The van der Waals surface area contributed by atoms with Crippen LogP contribution in [0.2, 0.25) is 0 Å². The highest BCUT2D eigenvalue weighted by Gasteiger charge is 2.05. The number of hydrogen-bond donors (Lipinski definition) is 2. The van der Waals surface area contributed by atoms with Gasteiger partial charge in [0.2, 0.25) is 5.95 Å². The van der Waals surface area contributed by atoms with Crippen LogP contribution in [0.25, 0.3) is 11.0 Å². The molecule has 1 heterocycles. The summed E-state index contributed by atoms with van der Waals surface area (Å²) in [4.78, 5) is 5.43. The van der Waals surface area contributed by atoms with Crippen molar-refractivity contribution in [3.63, 3.8) is 0 Å². The van der Waals surface area contributed by atoms with Crippen LogP contribution in [0.4, 0.5) is 5.95 Å². The summed E-state index contributed by atoms with van der Waals surface area (Å²) in [7, 11) is 1.91. The Balaban J connectivity index is 2.25. The molecule has 0 saturated carbocycles. The molecule has 0 aliphatic carbocycles. The average Bonchev–Trinajstić information content (AvgIpc) is 2.56. The largest absolute Gasteiger partial charge is 0.396 e. The van der Waals surface area contributed by atoms with Crippen LogP contribution in [0.15, 0.2) is 23.1 Å². The lowest BCUT2D eigenvalue weighted by Crippen LogP contribution is -1.96. The number of aliphatic hydroxyl groups is 1. The Kier molecular flexibility index (Phi) is 3.36. The Morgan fingerprint density at radius 3 is 3.06 bits per heavy atom. The Morgan fingerprint density at radius 1 is 1.50 bits per heavy atom. The van der Waals surface area contributed by atoms with Gasteiger partial charge in [0.05, 0.1) is 11.0 Å². The number of benzene rings is 1. The van der Waals surface area contributed by atoms with Crippen LogP contribution >= 0.6 is 11.8 Å². The van der Waals surface area contributed by atoms with Gasteiger partial charge in [-0.1, -0.05) is 0 Å². The van der Waals surface area contributed by atoms with Crippen molar-refractivity contribution >= 4 is 28.7 Å². The molecule has 1 aromatic carbocycles. The Morgan fingerprint density at radius 2 is 2.31 bits per heavy atom. The molecule has 2 aromatic rings. The van der Waals surface area contributed by atoms with E-state index in [1.807, 2.05) is 23.7 Å². The van der Waals surface area contributed by atoms with Gasteiger partial charge in [-0.15, -0.1) is 11.8 Å². The summed E-state index contributed by atoms with van der Waals surface area (Å²) in [6, 6.07) is 6.10. The second kappa shape index (κ2) is 4.76. The average molecular weight is 237 g/mol. The first-order valence-corrected chi connectivity index (χ1v) is 6.16. The first-order chi connectivity index (χ1) is 7.72. The summed E-state index contributed by atoms with van der Waals surface area (Å²) in [5.74, 6) is 1.46. The molecule has 1 aromatic heterocycles. The molecular formula is C11H15N3OS. The van der Waals surface area contributed by atoms with E-state index in [1.165, 1.54) is 4.90 Å². The highest BCUT2D eigenvalue weighted by molar-refractivity contribution is 7.99. The number of hydrogen-bond acceptors (Lipinski definition) is 4. The quantitative estimate of drug-likeness (QED) is 0.626. The van der Waals surface area contributed by atoms with Gasteiger partial charge >= 0.3 is 0 Å². The minimum Gasteiger partial charge on any atom is -0.396 e. The van der Waals surface area contributed by atoms with Crippen molar-refractivity contribution in [2.45, 2.75) is 11.3 Å². The van der Waals surface area contributed by atoms with Gasteiger partial charge in [0.15, 0.2) is 0 Å². The minimum absolute atomic E-state index is 0.244. The number of aliphatic hydroxyl groups excluding tert-OH is 1. The van der Waals surface area contributed by atoms with E-state index in [9.17, 15) is 0 Å². The van der Waals surface area contributed by atoms with Gasteiger partial charge in [-0.25, -0.2) is 4.98 Å². The molecule has 0 saturated heterocycles. The van der Waals surface area contributed by atoms with E-state index in [1.54, 1.807) is 11.8 Å². The predicted molar refractivity (Wildman–Crippen MR) is 67.6 cm³/mol. The summed E-state index contributed by atoms with van der Waals surface area (Å²) < 4.78 is 1.88. The van der Waals surface area contributed by atoms with Crippen molar-refractivity contribution in [1.82, 2.24) is 9.55 Å². The van der Waals surface area contributed by atoms with Gasteiger partial charge in [0, 0.05) is 24.3 Å². The zero-order valence-corrected chi connectivity index (χ0v) is 10.00. The van der Waals surface area contributed by atoms with Crippen LogP contribution < -0.4 is 5.73 Å². The molecule has 0 radical (unpaired) electrons. The van der Waals surface area contributed by atoms with Crippen molar-refractivity contribution < 1.29 is 5.11 Å². The maximum atomic E-state index is 8.72. The summed E-state index contributed by atoms with van der Waals surface area (Å²) in [6.45, 7) is 0.244. The lowest BCUT2D eigenvalue weighted by atomic mass is 10.3. The van der Waals surface area contributed by atoms with E-state index in [0.29, 0.717) is 5.95 Å². The van der Waals surface area contributed by atoms with Gasteiger partial charge in [-0.05, 0) is 24.6 Å². The molecule has 86 valence electrons. The normalized spacial score (nSPS) is 11.1. The Labute approximate surface area is 98.5 Å². The van der Waals surface area contributed by atoms with Crippen LogP contribution in [-0.4, -0.2) is 27.0 Å². The summed E-state index contributed by atoms with van der Waals surface area (Å²) in [6.07, 6.45) is 0.816. The number of rotatable bonds is 4. The summed E-state index contributed by atoms with van der Waals surface area (Å²) >= 11 is 1.74. The number of aryl methyl sites for hydroxylation is 1. The van der Waals surface area contributed by atoms with Gasteiger partial charge < -0.3 is 15.4 Å². The van der Waals surface area contributed by atoms with Crippen molar-refractivity contribution in [3.05, 3.63) is 18.2 Å². The first kappa shape index (κ1) is 11.3. The standard InChI is InChI=1S/C11H15N3OS/c1-14-10-7-8(16-6-2-5-15)3-4-9(10)13-11(14)12/h3-4,7,15H,2,5-6H2,1H3,(H2,12,13). The Bertz CT molecular complexity index is 495. The van der Waals surface area contributed by atoms with Crippen LogP contribution in [0.3, 0.4) is 0 Å². The molecule has 0 spiro atoms. The van der Waals surface area contributed by atoms with E-state index in [2.05, 4.69) is 11.1 Å². The lowest BCUT2D eigenvalue weighted by molar-refractivity contribution is 0.296. The molecule has 16 heavy (non-hydrogen) atoms. The molecular weight excluding hydrogens is 222 g/mol. The van der Waals surface area contributed by atoms with Gasteiger partial charge in [-0.3, -0.25) is 0 Å².